The average Bonchev–Trinajstić information content (AvgIpc) is 3.33. The fourth-order valence-electron chi connectivity index (χ4n) is 5.48. The fourth-order valence-corrected chi connectivity index (χ4v) is 5.48. The zero-order valence-corrected chi connectivity index (χ0v) is 22.4. The monoisotopic (exact) mass is 512 g/mol. The number of nitrogens with one attached hydrogen (secondary N) is 2. The number of anilines is 1. The molecule has 0 saturated carbocycles. The molecule has 3 N–H and O–H groups in total. The number of benzene rings is 1. The number of likely N-dealkylation sites (tertiary alicyclic amines) is 1. The van der Waals surface area contributed by atoms with Crippen LogP contribution in [0.2, 0.25) is 0 Å². The summed E-state index contributed by atoms with van der Waals surface area (Å²) < 4.78 is 20.1. The molecule has 4 rings (SSSR count). The lowest BCUT2D eigenvalue weighted by molar-refractivity contribution is -0.143. The van der Waals surface area contributed by atoms with Gasteiger partial charge in [-0.1, -0.05) is 26.3 Å². The highest BCUT2D eigenvalue weighted by atomic mass is 19.1. The summed E-state index contributed by atoms with van der Waals surface area (Å²) in [4.78, 5) is 19.0. The highest BCUT2D eigenvalue weighted by Gasteiger charge is 2.36. The molecule has 1 aromatic heterocycles. The molecule has 37 heavy (non-hydrogen) atoms. The van der Waals surface area contributed by atoms with Gasteiger partial charge in [-0.2, -0.15) is 0 Å². The number of halogens is 1. The molecule has 0 radical (unpaired) electrons. The second kappa shape index (κ2) is 12.7. The van der Waals surface area contributed by atoms with E-state index in [4.69, 9.17) is 9.72 Å². The van der Waals surface area contributed by atoms with Crippen LogP contribution in [-0.2, 0) is 17.6 Å². The number of fused-ring (bicyclic) bond motifs is 1. The quantitative estimate of drug-likeness (QED) is 0.348. The minimum Gasteiger partial charge on any atom is -0.493 e. The van der Waals surface area contributed by atoms with Gasteiger partial charge in [-0.15, -0.1) is 0 Å². The lowest BCUT2D eigenvalue weighted by atomic mass is 9.95. The van der Waals surface area contributed by atoms with Gasteiger partial charge in [-0.05, 0) is 80.3 Å². The van der Waals surface area contributed by atoms with Crippen molar-refractivity contribution in [2.75, 3.05) is 38.6 Å². The van der Waals surface area contributed by atoms with Crippen molar-refractivity contribution in [2.24, 2.45) is 0 Å². The van der Waals surface area contributed by atoms with E-state index in [-0.39, 0.29) is 17.7 Å². The Morgan fingerprint density at radius 3 is 2.89 bits per heavy atom. The minimum absolute atomic E-state index is 0.0254. The van der Waals surface area contributed by atoms with Crippen molar-refractivity contribution in [1.29, 1.82) is 0 Å². The molecule has 1 saturated heterocycles. The van der Waals surface area contributed by atoms with Crippen LogP contribution in [0, 0.1) is 5.82 Å². The summed E-state index contributed by atoms with van der Waals surface area (Å²) in [6.07, 6.45) is 7.42. The standard InChI is InChI=1S/C29H41FN4O3/c1-19(2)21-16-24(27(37-3)25(30)17-21)26(29(35)36)34-15-12-23(18-34)31-13-6-4-5-9-22-11-10-20-8-7-14-32-28(20)33-22/h10-11,16-17,19,23,26,31H,4-9,12-15,18H2,1-3H3,(H,32,33)(H,35,36)/t23-,26+/m1/s1. The van der Waals surface area contributed by atoms with Crippen molar-refractivity contribution >= 4 is 11.8 Å². The Hall–Kier alpha value is -2.71. The van der Waals surface area contributed by atoms with Gasteiger partial charge in [-0.25, -0.2) is 9.37 Å². The van der Waals surface area contributed by atoms with Gasteiger partial charge >= 0.3 is 5.97 Å². The van der Waals surface area contributed by atoms with Crippen LogP contribution >= 0.6 is 0 Å². The number of nitrogens with zero attached hydrogens (tertiary/aromatic N) is 2. The predicted octanol–water partition coefficient (Wildman–Crippen LogP) is 4.91. The van der Waals surface area contributed by atoms with Crippen LogP contribution in [-0.4, -0.2) is 60.3 Å². The molecule has 202 valence electrons. The van der Waals surface area contributed by atoms with Crippen molar-refractivity contribution in [3.05, 3.63) is 52.5 Å². The van der Waals surface area contributed by atoms with Gasteiger partial charge in [0, 0.05) is 36.9 Å². The molecule has 0 aliphatic carbocycles. The molecule has 2 aromatic rings. The second-order valence-electron chi connectivity index (χ2n) is 10.6. The molecule has 0 spiro atoms. The number of ether oxygens (including phenoxy) is 1. The maximum absolute atomic E-state index is 14.8. The molecule has 2 aliphatic rings. The number of rotatable bonds is 12. The van der Waals surface area contributed by atoms with Crippen molar-refractivity contribution in [2.45, 2.75) is 76.8 Å². The zero-order valence-electron chi connectivity index (χ0n) is 22.4. The smallest absolute Gasteiger partial charge is 0.325 e. The Bertz CT molecular complexity index is 1080. The summed E-state index contributed by atoms with van der Waals surface area (Å²) in [7, 11) is 1.39. The van der Waals surface area contributed by atoms with Crippen LogP contribution in [0.1, 0.15) is 80.3 Å². The summed E-state index contributed by atoms with van der Waals surface area (Å²) >= 11 is 0. The lowest BCUT2D eigenvalue weighted by Gasteiger charge is -2.27. The number of aryl methyl sites for hydroxylation is 2. The Morgan fingerprint density at radius 2 is 2.14 bits per heavy atom. The molecule has 0 unspecified atom stereocenters. The van der Waals surface area contributed by atoms with E-state index in [1.165, 1.54) is 25.2 Å². The van der Waals surface area contributed by atoms with E-state index in [1.807, 2.05) is 18.7 Å². The van der Waals surface area contributed by atoms with Gasteiger partial charge in [0.25, 0.3) is 0 Å². The van der Waals surface area contributed by atoms with Gasteiger partial charge in [0.05, 0.1) is 7.11 Å². The molecule has 1 aromatic carbocycles. The number of aliphatic carboxylic acids is 1. The van der Waals surface area contributed by atoms with E-state index < -0.39 is 17.8 Å². The Morgan fingerprint density at radius 1 is 1.30 bits per heavy atom. The molecule has 7 nitrogen and oxygen atoms in total. The molecule has 8 heteroatoms. The third-order valence-corrected chi connectivity index (χ3v) is 7.57. The van der Waals surface area contributed by atoms with Crippen molar-refractivity contribution in [3.63, 3.8) is 0 Å². The molecular weight excluding hydrogens is 471 g/mol. The van der Waals surface area contributed by atoms with Crippen LogP contribution in [0.4, 0.5) is 10.2 Å². The zero-order chi connectivity index (χ0) is 26.4. The van der Waals surface area contributed by atoms with Crippen LogP contribution in [0.3, 0.4) is 0 Å². The van der Waals surface area contributed by atoms with Crippen molar-refractivity contribution < 1.29 is 19.0 Å². The fraction of sp³-hybridized carbons (Fsp3) is 0.586. The average molecular weight is 513 g/mol. The van der Waals surface area contributed by atoms with E-state index >= 15 is 0 Å². The number of carboxylic acid groups (broad SMARTS) is 1. The van der Waals surface area contributed by atoms with E-state index in [9.17, 15) is 14.3 Å². The summed E-state index contributed by atoms with van der Waals surface area (Å²) in [5.41, 5.74) is 3.65. The van der Waals surface area contributed by atoms with Crippen molar-refractivity contribution in [1.82, 2.24) is 15.2 Å². The Balaban J connectivity index is 1.25. The summed E-state index contributed by atoms with van der Waals surface area (Å²) in [6.45, 7) is 7.10. The number of methoxy groups -OCH3 is 1. The lowest BCUT2D eigenvalue weighted by Crippen LogP contribution is -2.37. The van der Waals surface area contributed by atoms with Gasteiger partial charge in [0.2, 0.25) is 0 Å². The molecule has 2 aliphatic heterocycles. The van der Waals surface area contributed by atoms with Crippen molar-refractivity contribution in [3.8, 4) is 5.75 Å². The molecule has 1 fully saturated rings. The highest BCUT2D eigenvalue weighted by Crippen LogP contribution is 2.36. The number of aromatic nitrogens is 1. The first kappa shape index (κ1) is 27.3. The Kier molecular flexibility index (Phi) is 9.38. The number of unbranched alkanes of at least 4 members (excludes halogenated alkanes) is 2. The maximum atomic E-state index is 14.8. The van der Waals surface area contributed by atoms with E-state index in [0.717, 1.165) is 68.7 Å². The minimum atomic E-state index is -0.981. The summed E-state index contributed by atoms with van der Waals surface area (Å²) in [5.74, 6) is -0.318. The third-order valence-electron chi connectivity index (χ3n) is 7.57. The molecule has 3 heterocycles. The second-order valence-corrected chi connectivity index (χ2v) is 10.6. The number of hydrogen-bond donors (Lipinski definition) is 3. The summed E-state index contributed by atoms with van der Waals surface area (Å²) in [6, 6.07) is 6.89. The SMILES string of the molecule is COc1c(F)cc(C(C)C)cc1[C@@H](C(=O)O)N1CC[C@@H](NCCCCCc2ccc3c(n2)NCCC3)C1. The molecular formula is C29H41FN4O3. The first-order valence-corrected chi connectivity index (χ1v) is 13.7. The first-order chi connectivity index (χ1) is 17.9. The van der Waals surface area contributed by atoms with E-state index in [1.54, 1.807) is 6.07 Å². The normalized spacial score (nSPS) is 18.5. The van der Waals surface area contributed by atoms with Crippen LogP contribution in [0.25, 0.3) is 0 Å². The first-order valence-electron chi connectivity index (χ1n) is 13.7. The molecule has 0 bridgehead atoms. The van der Waals surface area contributed by atoms with Gasteiger partial charge in [0.15, 0.2) is 11.6 Å². The number of pyridine rings is 1. The number of carbonyl (C=O) groups is 1. The van der Waals surface area contributed by atoms with E-state index in [2.05, 4.69) is 22.8 Å². The number of hydrogen-bond acceptors (Lipinski definition) is 6. The van der Waals surface area contributed by atoms with Gasteiger partial charge in [0.1, 0.15) is 11.9 Å². The predicted molar refractivity (Wildman–Crippen MR) is 144 cm³/mol. The maximum Gasteiger partial charge on any atom is 0.325 e. The van der Waals surface area contributed by atoms with Gasteiger partial charge in [-0.3, -0.25) is 9.69 Å². The molecule has 2 atom stereocenters. The summed E-state index contributed by atoms with van der Waals surface area (Å²) in [5, 5.41) is 17.1. The number of carboxylic acids is 1. The van der Waals surface area contributed by atoms with Crippen LogP contribution in [0.5, 0.6) is 5.75 Å². The molecule has 0 amide bonds. The Labute approximate surface area is 219 Å². The van der Waals surface area contributed by atoms with Gasteiger partial charge < -0.3 is 20.5 Å². The topological polar surface area (TPSA) is 86.7 Å². The highest BCUT2D eigenvalue weighted by molar-refractivity contribution is 5.77. The van der Waals surface area contributed by atoms with Crippen LogP contribution < -0.4 is 15.4 Å². The third kappa shape index (κ3) is 6.79. The largest absolute Gasteiger partial charge is 0.493 e. The van der Waals surface area contributed by atoms with E-state index in [0.29, 0.717) is 18.7 Å². The van der Waals surface area contributed by atoms with Crippen LogP contribution in [0.15, 0.2) is 24.3 Å².